The normalized spacial score (nSPS) is 11.1. The summed E-state index contributed by atoms with van der Waals surface area (Å²) in [5.41, 5.74) is 2.57. The third-order valence-corrected chi connectivity index (χ3v) is 5.74. The number of aromatic nitrogens is 1. The Labute approximate surface area is 176 Å². The van der Waals surface area contributed by atoms with Crippen LogP contribution in [-0.2, 0) is 0 Å². The molecule has 0 aliphatic rings. The van der Waals surface area contributed by atoms with Gasteiger partial charge in [-0.25, -0.2) is 4.98 Å². The van der Waals surface area contributed by atoms with Crippen molar-refractivity contribution in [2.45, 2.75) is 6.42 Å². The van der Waals surface area contributed by atoms with Gasteiger partial charge in [0.2, 0.25) is 0 Å². The monoisotopic (exact) mass is 412 g/mol. The molecule has 1 heterocycles. The Morgan fingerprint density at radius 3 is 2.38 bits per heavy atom. The highest BCUT2D eigenvalue weighted by Gasteiger charge is 2.21. The van der Waals surface area contributed by atoms with Crippen LogP contribution in [0.1, 0.15) is 16.8 Å². The second-order valence-electron chi connectivity index (χ2n) is 7.39. The number of benzene rings is 2. The molecule has 0 N–H and O–H groups in total. The lowest BCUT2D eigenvalue weighted by Crippen LogP contribution is -2.33. The molecule has 29 heavy (non-hydrogen) atoms. The van der Waals surface area contributed by atoms with E-state index in [2.05, 4.69) is 4.90 Å². The van der Waals surface area contributed by atoms with Crippen molar-refractivity contribution >= 4 is 38.3 Å². The smallest absolute Gasteiger partial charge is 0.260 e. The first kappa shape index (κ1) is 21.1. The van der Waals surface area contributed by atoms with Gasteiger partial charge in [0.1, 0.15) is 5.75 Å². The van der Waals surface area contributed by atoms with Crippen molar-refractivity contribution in [3.63, 3.8) is 0 Å². The van der Waals surface area contributed by atoms with E-state index >= 15 is 0 Å². The van der Waals surface area contributed by atoms with Crippen LogP contribution in [-0.4, -0.2) is 64.2 Å². The molecule has 1 amide bonds. The number of rotatable bonds is 8. The Balaban J connectivity index is 1.92. The quantitative estimate of drug-likeness (QED) is 0.560. The fourth-order valence-corrected chi connectivity index (χ4v) is 3.99. The number of amides is 1. The topological polar surface area (TPSA) is 48.9 Å². The SMILES string of the molecule is COc1ccc2sc(N(CCCN(C)C)C(=O)c3ccc(N(C)C)cc3)nc2c1. The minimum atomic E-state index is -0.0277. The van der Waals surface area contributed by atoms with Crippen LogP contribution < -0.4 is 14.5 Å². The molecule has 7 heteroatoms. The van der Waals surface area contributed by atoms with Crippen LogP contribution in [0.4, 0.5) is 10.8 Å². The van der Waals surface area contributed by atoms with Crippen molar-refractivity contribution in [1.29, 1.82) is 0 Å². The Bertz CT molecular complexity index is 967. The van der Waals surface area contributed by atoms with Gasteiger partial charge >= 0.3 is 0 Å². The summed E-state index contributed by atoms with van der Waals surface area (Å²) < 4.78 is 6.34. The summed E-state index contributed by atoms with van der Waals surface area (Å²) >= 11 is 1.53. The maximum Gasteiger partial charge on any atom is 0.260 e. The average molecular weight is 413 g/mol. The van der Waals surface area contributed by atoms with Gasteiger partial charge in [-0.05, 0) is 63.5 Å². The van der Waals surface area contributed by atoms with Gasteiger partial charge in [0, 0.05) is 38.0 Å². The third-order valence-electron chi connectivity index (χ3n) is 4.68. The van der Waals surface area contributed by atoms with Gasteiger partial charge in [0.15, 0.2) is 5.13 Å². The van der Waals surface area contributed by atoms with E-state index < -0.39 is 0 Å². The molecule has 0 bridgehead atoms. The van der Waals surface area contributed by atoms with Crippen LogP contribution in [0, 0.1) is 0 Å². The number of carbonyl (C=O) groups is 1. The van der Waals surface area contributed by atoms with Crippen molar-refractivity contribution in [3.8, 4) is 5.75 Å². The van der Waals surface area contributed by atoms with Gasteiger partial charge in [0.05, 0.1) is 17.3 Å². The molecule has 0 fully saturated rings. The maximum absolute atomic E-state index is 13.3. The molecule has 2 aromatic carbocycles. The van der Waals surface area contributed by atoms with Crippen LogP contribution in [0.15, 0.2) is 42.5 Å². The zero-order valence-electron chi connectivity index (χ0n) is 17.7. The highest BCUT2D eigenvalue weighted by molar-refractivity contribution is 7.22. The number of fused-ring (bicyclic) bond motifs is 1. The summed E-state index contributed by atoms with van der Waals surface area (Å²) in [7, 11) is 9.69. The molecule has 0 radical (unpaired) electrons. The minimum absolute atomic E-state index is 0.0277. The van der Waals surface area contributed by atoms with Crippen LogP contribution in [0.2, 0.25) is 0 Å². The van der Waals surface area contributed by atoms with Gasteiger partial charge in [0.25, 0.3) is 5.91 Å². The number of carbonyl (C=O) groups excluding carboxylic acids is 1. The largest absolute Gasteiger partial charge is 0.497 e. The Morgan fingerprint density at radius 2 is 1.76 bits per heavy atom. The lowest BCUT2D eigenvalue weighted by atomic mass is 10.1. The first-order valence-corrected chi connectivity index (χ1v) is 10.4. The highest BCUT2D eigenvalue weighted by Crippen LogP contribution is 2.32. The fourth-order valence-electron chi connectivity index (χ4n) is 3.02. The zero-order valence-corrected chi connectivity index (χ0v) is 18.5. The van der Waals surface area contributed by atoms with E-state index in [1.165, 1.54) is 11.3 Å². The molecule has 0 unspecified atom stereocenters. The Morgan fingerprint density at radius 1 is 1.03 bits per heavy atom. The second-order valence-corrected chi connectivity index (χ2v) is 8.39. The van der Waals surface area contributed by atoms with Crippen LogP contribution in [0.25, 0.3) is 10.2 Å². The number of hydrogen-bond acceptors (Lipinski definition) is 6. The van der Waals surface area contributed by atoms with Crippen molar-refractivity contribution in [1.82, 2.24) is 9.88 Å². The average Bonchev–Trinajstić information content (AvgIpc) is 3.13. The number of methoxy groups -OCH3 is 1. The summed E-state index contributed by atoms with van der Waals surface area (Å²) in [6, 6.07) is 13.5. The van der Waals surface area contributed by atoms with Crippen LogP contribution >= 0.6 is 11.3 Å². The molecular weight excluding hydrogens is 384 g/mol. The maximum atomic E-state index is 13.3. The van der Waals surface area contributed by atoms with Crippen molar-refractivity contribution in [2.24, 2.45) is 0 Å². The number of ether oxygens (including phenoxy) is 1. The van der Waals surface area contributed by atoms with Crippen molar-refractivity contribution in [3.05, 3.63) is 48.0 Å². The van der Waals surface area contributed by atoms with E-state index in [0.717, 1.165) is 34.6 Å². The van der Waals surface area contributed by atoms with E-state index in [-0.39, 0.29) is 5.91 Å². The number of nitrogens with zero attached hydrogens (tertiary/aromatic N) is 4. The van der Waals surface area contributed by atoms with Gasteiger partial charge in [-0.1, -0.05) is 11.3 Å². The molecule has 1 aromatic heterocycles. The first-order chi connectivity index (χ1) is 13.9. The molecule has 0 aliphatic heterocycles. The van der Waals surface area contributed by atoms with E-state index in [0.29, 0.717) is 17.2 Å². The third kappa shape index (κ3) is 5.05. The first-order valence-electron chi connectivity index (χ1n) is 9.57. The van der Waals surface area contributed by atoms with E-state index in [4.69, 9.17) is 9.72 Å². The molecule has 6 nitrogen and oxygen atoms in total. The second kappa shape index (κ2) is 9.24. The molecule has 0 saturated heterocycles. The Kier molecular flexibility index (Phi) is 6.71. The lowest BCUT2D eigenvalue weighted by molar-refractivity contribution is 0.0986. The predicted molar refractivity (Wildman–Crippen MR) is 122 cm³/mol. The molecule has 3 rings (SSSR count). The standard InChI is InChI=1S/C22H28N4O2S/c1-24(2)13-6-14-26(21(27)16-7-9-17(10-8-16)25(3)4)22-23-19-15-18(28-5)11-12-20(19)29-22/h7-12,15H,6,13-14H2,1-5H3. The highest BCUT2D eigenvalue weighted by atomic mass is 32.1. The molecule has 0 spiro atoms. The minimum Gasteiger partial charge on any atom is -0.497 e. The van der Waals surface area contributed by atoms with E-state index in [9.17, 15) is 4.79 Å². The van der Waals surface area contributed by atoms with Crippen molar-refractivity contribution < 1.29 is 9.53 Å². The summed E-state index contributed by atoms with van der Waals surface area (Å²) in [6.07, 6.45) is 0.869. The van der Waals surface area contributed by atoms with Gasteiger partial charge in [-0.3, -0.25) is 9.69 Å². The van der Waals surface area contributed by atoms with Crippen LogP contribution in [0.5, 0.6) is 5.75 Å². The van der Waals surface area contributed by atoms with Gasteiger partial charge in [-0.2, -0.15) is 0 Å². The molecule has 0 aliphatic carbocycles. The summed E-state index contributed by atoms with van der Waals surface area (Å²) in [5, 5.41) is 0.716. The van der Waals surface area contributed by atoms with Gasteiger partial charge in [-0.15, -0.1) is 0 Å². The van der Waals surface area contributed by atoms with Crippen LogP contribution in [0.3, 0.4) is 0 Å². The predicted octanol–water partition coefficient (Wildman–Crippen LogP) is 3.97. The number of thiazole rings is 1. The summed E-state index contributed by atoms with van der Waals surface area (Å²) in [5.74, 6) is 0.735. The zero-order chi connectivity index (χ0) is 21.0. The summed E-state index contributed by atoms with van der Waals surface area (Å²) in [4.78, 5) is 24.0. The summed E-state index contributed by atoms with van der Waals surface area (Å²) in [6.45, 7) is 1.52. The van der Waals surface area contributed by atoms with E-state index in [1.54, 1.807) is 12.0 Å². The number of hydrogen-bond donors (Lipinski definition) is 0. The lowest BCUT2D eigenvalue weighted by Gasteiger charge is -2.21. The van der Waals surface area contributed by atoms with Gasteiger partial charge < -0.3 is 14.5 Å². The number of anilines is 2. The van der Waals surface area contributed by atoms with E-state index in [1.807, 2.05) is 75.6 Å². The molecule has 3 aromatic rings. The molecule has 0 saturated carbocycles. The molecule has 154 valence electrons. The van der Waals surface area contributed by atoms with Crippen molar-refractivity contribution in [2.75, 3.05) is 58.2 Å². The molecular formula is C22H28N4O2S. The fraction of sp³-hybridized carbons (Fsp3) is 0.364. The Hall–Kier alpha value is -2.64. The molecule has 0 atom stereocenters.